The number of rotatable bonds is 10. The molecule has 4 N–H and O–H groups in total. The number of hydrogen-bond acceptors (Lipinski definition) is 5. The first-order chi connectivity index (χ1) is 10.7. The Morgan fingerprint density at radius 1 is 1.17 bits per heavy atom. The van der Waals surface area contributed by atoms with E-state index in [0.717, 1.165) is 0 Å². The molecule has 8 heteroatoms. The van der Waals surface area contributed by atoms with Crippen LogP contribution >= 0.6 is 12.4 Å². The molecule has 0 atom stereocenters. The number of ether oxygens (including phenoxy) is 2. The van der Waals surface area contributed by atoms with Crippen LogP contribution in [0.2, 0.25) is 0 Å². The van der Waals surface area contributed by atoms with E-state index in [2.05, 4.69) is 10.6 Å². The van der Waals surface area contributed by atoms with Crippen LogP contribution in [0, 0.1) is 0 Å². The number of carbonyl (C=O) groups is 2. The predicted octanol–water partition coefficient (Wildman–Crippen LogP) is 0.788. The third kappa shape index (κ3) is 8.51. The van der Waals surface area contributed by atoms with E-state index >= 15 is 0 Å². The second-order valence-corrected chi connectivity index (χ2v) is 4.39. The van der Waals surface area contributed by atoms with Gasteiger partial charge >= 0.3 is 0 Å². The lowest BCUT2D eigenvalue weighted by molar-refractivity contribution is -0.121. The normalized spacial score (nSPS) is 9.83. The highest BCUT2D eigenvalue weighted by atomic mass is 35.5. The Kier molecular flexibility index (Phi) is 11.9. The van der Waals surface area contributed by atoms with Gasteiger partial charge in [0, 0.05) is 19.7 Å². The molecule has 23 heavy (non-hydrogen) atoms. The molecule has 2 amide bonds. The summed E-state index contributed by atoms with van der Waals surface area (Å²) in [6, 6.07) is 6.77. The number of anilines is 1. The first kappa shape index (κ1) is 21.3. The van der Waals surface area contributed by atoms with Crippen molar-refractivity contribution < 1.29 is 19.1 Å². The van der Waals surface area contributed by atoms with Crippen LogP contribution in [0.3, 0.4) is 0 Å². The molecule has 0 radical (unpaired) electrons. The Bertz CT molecular complexity index is 486. The van der Waals surface area contributed by atoms with Crippen molar-refractivity contribution in [3.63, 3.8) is 0 Å². The van der Waals surface area contributed by atoms with Gasteiger partial charge in [-0.25, -0.2) is 0 Å². The third-order valence-electron chi connectivity index (χ3n) is 2.68. The number of amides is 2. The summed E-state index contributed by atoms with van der Waals surface area (Å²) in [7, 11) is 0. The molecule has 0 unspecified atom stereocenters. The molecule has 1 aromatic carbocycles. The van der Waals surface area contributed by atoms with E-state index in [-0.39, 0.29) is 30.8 Å². The molecule has 0 saturated heterocycles. The van der Waals surface area contributed by atoms with Crippen molar-refractivity contribution in [1.29, 1.82) is 0 Å². The van der Waals surface area contributed by atoms with E-state index in [1.54, 1.807) is 24.3 Å². The van der Waals surface area contributed by atoms with E-state index in [9.17, 15) is 9.59 Å². The van der Waals surface area contributed by atoms with Crippen molar-refractivity contribution >= 4 is 29.9 Å². The molecular formula is C15H24ClN3O4. The first-order valence-corrected chi connectivity index (χ1v) is 7.21. The van der Waals surface area contributed by atoms with Crippen molar-refractivity contribution in [2.45, 2.75) is 6.92 Å². The Hall–Kier alpha value is -1.67. The summed E-state index contributed by atoms with van der Waals surface area (Å²) in [5, 5.41) is 5.33. The molecule has 0 heterocycles. The highest BCUT2D eigenvalue weighted by molar-refractivity contribution is 6.03. The van der Waals surface area contributed by atoms with Gasteiger partial charge in [0.2, 0.25) is 5.91 Å². The van der Waals surface area contributed by atoms with Crippen LogP contribution in [-0.4, -0.2) is 51.3 Å². The highest BCUT2D eigenvalue weighted by Crippen LogP contribution is 2.14. The highest BCUT2D eigenvalue weighted by Gasteiger charge is 2.12. The van der Waals surface area contributed by atoms with Gasteiger partial charge in [0.05, 0.1) is 24.5 Å². The van der Waals surface area contributed by atoms with Crippen LogP contribution in [0.4, 0.5) is 5.69 Å². The summed E-state index contributed by atoms with van der Waals surface area (Å²) < 4.78 is 10.3. The number of carbonyl (C=O) groups excluding carboxylic acids is 2. The number of nitrogens with one attached hydrogen (secondary N) is 2. The summed E-state index contributed by atoms with van der Waals surface area (Å²) in [6.45, 7) is 3.93. The molecule has 0 saturated carbocycles. The molecule has 0 bridgehead atoms. The topological polar surface area (TPSA) is 103 Å². The van der Waals surface area contributed by atoms with Gasteiger partial charge in [-0.2, -0.15) is 0 Å². The summed E-state index contributed by atoms with van der Waals surface area (Å²) in [5.74, 6) is -0.603. The molecule has 0 aromatic heterocycles. The van der Waals surface area contributed by atoms with E-state index in [1.807, 2.05) is 6.92 Å². The fourth-order valence-corrected chi connectivity index (χ4v) is 1.68. The molecule has 0 spiro atoms. The second-order valence-electron chi connectivity index (χ2n) is 4.39. The number of benzene rings is 1. The molecule has 0 aliphatic rings. The van der Waals surface area contributed by atoms with Crippen molar-refractivity contribution in [2.24, 2.45) is 5.73 Å². The van der Waals surface area contributed by atoms with Crippen LogP contribution in [-0.2, 0) is 14.3 Å². The van der Waals surface area contributed by atoms with Gasteiger partial charge < -0.3 is 25.8 Å². The molecule has 7 nitrogen and oxygen atoms in total. The third-order valence-corrected chi connectivity index (χ3v) is 2.68. The predicted molar refractivity (Wildman–Crippen MR) is 91.0 cm³/mol. The monoisotopic (exact) mass is 345 g/mol. The lowest BCUT2D eigenvalue weighted by Crippen LogP contribution is -2.30. The van der Waals surface area contributed by atoms with Crippen LogP contribution in [0.15, 0.2) is 24.3 Å². The summed E-state index contributed by atoms with van der Waals surface area (Å²) >= 11 is 0. The molecular weight excluding hydrogens is 322 g/mol. The van der Waals surface area contributed by atoms with Crippen molar-refractivity contribution in [2.75, 3.05) is 44.8 Å². The van der Waals surface area contributed by atoms with E-state index in [1.165, 1.54) is 0 Å². The number of nitrogens with two attached hydrogens (primary N) is 1. The van der Waals surface area contributed by atoms with Gasteiger partial charge in [0.15, 0.2) is 0 Å². The van der Waals surface area contributed by atoms with Crippen molar-refractivity contribution in [3.05, 3.63) is 29.8 Å². The maximum atomic E-state index is 12.0. The second kappa shape index (κ2) is 12.8. The van der Waals surface area contributed by atoms with E-state index < -0.39 is 0 Å². The Labute approximate surface area is 142 Å². The zero-order chi connectivity index (χ0) is 16.2. The standard InChI is InChI=1S/C15H23N3O4.ClH/c1-2-21-9-10-22-11-14(19)18-13-6-4-3-5-12(13)15(20)17-8-7-16;/h3-6H,2,7-11,16H2,1H3,(H,17,20)(H,18,19);1H. The Morgan fingerprint density at radius 2 is 1.87 bits per heavy atom. The van der Waals surface area contributed by atoms with Gasteiger partial charge in [-0.05, 0) is 19.1 Å². The van der Waals surface area contributed by atoms with Crippen molar-refractivity contribution in [1.82, 2.24) is 5.32 Å². The minimum atomic E-state index is -0.324. The molecule has 130 valence electrons. The lowest BCUT2D eigenvalue weighted by atomic mass is 10.1. The van der Waals surface area contributed by atoms with Crippen LogP contribution < -0.4 is 16.4 Å². The fourth-order valence-electron chi connectivity index (χ4n) is 1.68. The Morgan fingerprint density at radius 3 is 2.57 bits per heavy atom. The quantitative estimate of drug-likeness (QED) is 0.544. The van der Waals surface area contributed by atoms with Crippen molar-refractivity contribution in [3.8, 4) is 0 Å². The molecule has 1 rings (SSSR count). The van der Waals surface area contributed by atoms with Gasteiger partial charge in [-0.1, -0.05) is 12.1 Å². The average Bonchev–Trinajstić information content (AvgIpc) is 2.53. The zero-order valence-electron chi connectivity index (χ0n) is 13.2. The number of hydrogen-bond donors (Lipinski definition) is 3. The van der Waals surface area contributed by atoms with E-state index in [4.69, 9.17) is 15.2 Å². The molecule has 0 aliphatic heterocycles. The first-order valence-electron chi connectivity index (χ1n) is 7.21. The van der Waals surface area contributed by atoms with Crippen LogP contribution in [0.1, 0.15) is 17.3 Å². The van der Waals surface area contributed by atoms with Gasteiger partial charge in [-0.15, -0.1) is 12.4 Å². The molecule has 0 aliphatic carbocycles. The largest absolute Gasteiger partial charge is 0.379 e. The minimum absolute atomic E-state index is 0. The SMILES string of the molecule is CCOCCOCC(=O)Nc1ccccc1C(=O)NCCN.Cl. The summed E-state index contributed by atoms with van der Waals surface area (Å²) in [5.41, 5.74) is 6.18. The van der Waals surface area contributed by atoms with Gasteiger partial charge in [0.25, 0.3) is 5.91 Å². The maximum absolute atomic E-state index is 12.0. The molecule has 0 fully saturated rings. The number of para-hydroxylation sites is 1. The zero-order valence-corrected chi connectivity index (χ0v) is 14.0. The smallest absolute Gasteiger partial charge is 0.253 e. The summed E-state index contributed by atoms with van der Waals surface area (Å²) in [6.07, 6.45) is 0. The fraction of sp³-hybridized carbons (Fsp3) is 0.467. The van der Waals surface area contributed by atoms with Crippen LogP contribution in [0.5, 0.6) is 0 Å². The lowest BCUT2D eigenvalue weighted by Gasteiger charge is -2.11. The van der Waals surface area contributed by atoms with E-state index in [0.29, 0.717) is 44.2 Å². The number of halogens is 1. The minimum Gasteiger partial charge on any atom is -0.379 e. The average molecular weight is 346 g/mol. The Balaban J connectivity index is 0.00000484. The van der Waals surface area contributed by atoms with Crippen LogP contribution in [0.25, 0.3) is 0 Å². The van der Waals surface area contributed by atoms with Gasteiger partial charge in [-0.3, -0.25) is 9.59 Å². The summed E-state index contributed by atoms with van der Waals surface area (Å²) in [4.78, 5) is 23.8. The molecule has 1 aromatic rings. The van der Waals surface area contributed by atoms with Gasteiger partial charge in [0.1, 0.15) is 6.61 Å². The maximum Gasteiger partial charge on any atom is 0.253 e.